The lowest BCUT2D eigenvalue weighted by Gasteiger charge is -2.08. The molecule has 1 rings (SSSR count). The minimum Gasteiger partial charge on any atom is -0.381 e. The summed E-state index contributed by atoms with van der Waals surface area (Å²) < 4.78 is 5.28. The van der Waals surface area contributed by atoms with Crippen molar-refractivity contribution < 1.29 is 9.53 Å². The molecule has 0 aliphatic carbocycles. The minimum absolute atomic E-state index is 0.112. The zero-order valence-electron chi connectivity index (χ0n) is 11.5. The zero-order valence-corrected chi connectivity index (χ0v) is 12.3. The standard InChI is InChI=1S/C15H19ClN2O2/c1-2-9-20-10-7-15(19)18-14-6-5-13(16)11-12(14)4-3-8-17/h5-6,11H,2,7-10,17H2,1H3,(H,18,19). The summed E-state index contributed by atoms with van der Waals surface area (Å²) in [4.78, 5) is 11.8. The number of anilines is 1. The molecule has 1 aromatic carbocycles. The molecule has 5 heteroatoms. The maximum atomic E-state index is 11.8. The lowest BCUT2D eigenvalue weighted by molar-refractivity contribution is -0.117. The van der Waals surface area contributed by atoms with Crippen LogP contribution in [0.4, 0.5) is 5.69 Å². The van der Waals surface area contributed by atoms with Crippen molar-refractivity contribution in [3.8, 4) is 11.8 Å². The summed E-state index contributed by atoms with van der Waals surface area (Å²) in [6, 6.07) is 5.14. The molecule has 3 N–H and O–H groups in total. The predicted molar refractivity (Wildman–Crippen MR) is 81.7 cm³/mol. The first-order chi connectivity index (χ1) is 9.67. The van der Waals surface area contributed by atoms with Gasteiger partial charge in [-0.25, -0.2) is 0 Å². The summed E-state index contributed by atoms with van der Waals surface area (Å²) in [7, 11) is 0. The molecule has 0 aromatic heterocycles. The van der Waals surface area contributed by atoms with Gasteiger partial charge in [0.25, 0.3) is 0 Å². The maximum Gasteiger partial charge on any atom is 0.226 e. The van der Waals surface area contributed by atoms with E-state index in [1.54, 1.807) is 18.2 Å². The second-order valence-electron chi connectivity index (χ2n) is 4.11. The number of rotatable bonds is 6. The third-order valence-electron chi connectivity index (χ3n) is 2.40. The molecule has 0 fully saturated rings. The average Bonchev–Trinajstić information content (AvgIpc) is 2.44. The van der Waals surface area contributed by atoms with E-state index in [-0.39, 0.29) is 12.5 Å². The van der Waals surface area contributed by atoms with E-state index in [0.29, 0.717) is 35.9 Å². The van der Waals surface area contributed by atoms with Crippen LogP contribution < -0.4 is 11.1 Å². The summed E-state index contributed by atoms with van der Waals surface area (Å²) in [5.74, 6) is 5.53. The third-order valence-corrected chi connectivity index (χ3v) is 2.64. The van der Waals surface area contributed by atoms with E-state index in [4.69, 9.17) is 22.1 Å². The van der Waals surface area contributed by atoms with E-state index in [1.807, 2.05) is 6.92 Å². The monoisotopic (exact) mass is 294 g/mol. The van der Waals surface area contributed by atoms with Gasteiger partial charge in [0.15, 0.2) is 0 Å². The Kier molecular flexibility index (Phi) is 7.74. The van der Waals surface area contributed by atoms with Crippen LogP contribution in [0.5, 0.6) is 0 Å². The minimum atomic E-state index is -0.112. The van der Waals surface area contributed by atoms with Gasteiger partial charge in [0.05, 0.1) is 25.3 Å². The van der Waals surface area contributed by atoms with Gasteiger partial charge in [-0.15, -0.1) is 0 Å². The maximum absolute atomic E-state index is 11.8. The molecule has 0 atom stereocenters. The van der Waals surface area contributed by atoms with Crippen LogP contribution >= 0.6 is 11.6 Å². The van der Waals surface area contributed by atoms with Crippen LogP contribution in [-0.4, -0.2) is 25.7 Å². The first-order valence-corrected chi connectivity index (χ1v) is 6.91. The number of halogens is 1. The van der Waals surface area contributed by atoms with Crippen molar-refractivity contribution in [3.63, 3.8) is 0 Å². The molecule has 0 bridgehead atoms. The topological polar surface area (TPSA) is 64.3 Å². The number of nitrogens with one attached hydrogen (secondary N) is 1. The largest absolute Gasteiger partial charge is 0.381 e. The Labute approximate surface area is 124 Å². The molecule has 108 valence electrons. The smallest absolute Gasteiger partial charge is 0.226 e. The second kappa shape index (κ2) is 9.38. The van der Waals surface area contributed by atoms with E-state index in [0.717, 1.165) is 6.42 Å². The van der Waals surface area contributed by atoms with Crippen LogP contribution in [0.2, 0.25) is 5.02 Å². The highest BCUT2D eigenvalue weighted by Gasteiger charge is 2.06. The number of hydrogen-bond donors (Lipinski definition) is 2. The quantitative estimate of drug-likeness (QED) is 0.625. The molecular weight excluding hydrogens is 276 g/mol. The van der Waals surface area contributed by atoms with Crippen LogP contribution in [0.15, 0.2) is 18.2 Å². The Morgan fingerprint density at radius 3 is 2.95 bits per heavy atom. The number of carbonyl (C=O) groups is 1. The van der Waals surface area contributed by atoms with E-state index >= 15 is 0 Å². The highest BCUT2D eigenvalue weighted by molar-refractivity contribution is 6.30. The molecule has 1 aromatic rings. The van der Waals surface area contributed by atoms with Gasteiger partial charge in [0.2, 0.25) is 5.91 Å². The van der Waals surface area contributed by atoms with Gasteiger partial charge in [0, 0.05) is 17.2 Å². The highest BCUT2D eigenvalue weighted by Crippen LogP contribution is 2.20. The van der Waals surface area contributed by atoms with Gasteiger partial charge < -0.3 is 15.8 Å². The van der Waals surface area contributed by atoms with Crippen molar-refractivity contribution in [2.45, 2.75) is 19.8 Å². The van der Waals surface area contributed by atoms with Gasteiger partial charge >= 0.3 is 0 Å². The molecule has 0 radical (unpaired) electrons. The summed E-state index contributed by atoms with van der Waals surface area (Å²) in [6.45, 7) is 3.36. The van der Waals surface area contributed by atoms with Crippen molar-refractivity contribution in [2.75, 3.05) is 25.1 Å². The summed E-state index contributed by atoms with van der Waals surface area (Å²) in [6.07, 6.45) is 1.25. The Morgan fingerprint density at radius 1 is 1.45 bits per heavy atom. The van der Waals surface area contributed by atoms with Gasteiger partial charge in [-0.1, -0.05) is 30.4 Å². The fourth-order valence-electron chi connectivity index (χ4n) is 1.50. The van der Waals surface area contributed by atoms with Gasteiger partial charge in [-0.05, 0) is 24.6 Å². The predicted octanol–water partition coefficient (Wildman–Crippen LogP) is 2.41. The van der Waals surface area contributed by atoms with E-state index in [1.165, 1.54) is 0 Å². The summed E-state index contributed by atoms with van der Waals surface area (Å²) in [5.41, 5.74) is 6.64. The molecule has 0 aliphatic rings. The van der Waals surface area contributed by atoms with Crippen molar-refractivity contribution in [3.05, 3.63) is 28.8 Å². The first-order valence-electron chi connectivity index (χ1n) is 6.53. The van der Waals surface area contributed by atoms with Crippen molar-refractivity contribution in [1.29, 1.82) is 0 Å². The second-order valence-corrected chi connectivity index (χ2v) is 4.54. The number of ether oxygens (including phenoxy) is 1. The molecule has 0 saturated heterocycles. The van der Waals surface area contributed by atoms with Crippen LogP contribution in [0.25, 0.3) is 0 Å². The SMILES string of the molecule is CCCOCCC(=O)Nc1ccc(Cl)cc1C#CCN. The normalized spacial score (nSPS) is 9.75. The van der Waals surface area contributed by atoms with Gasteiger partial charge in [-0.2, -0.15) is 0 Å². The van der Waals surface area contributed by atoms with E-state index < -0.39 is 0 Å². The molecule has 0 spiro atoms. The summed E-state index contributed by atoms with van der Waals surface area (Å²) in [5, 5.41) is 3.37. The van der Waals surface area contributed by atoms with E-state index in [9.17, 15) is 4.79 Å². The highest BCUT2D eigenvalue weighted by atomic mass is 35.5. The lowest BCUT2D eigenvalue weighted by atomic mass is 10.1. The number of benzene rings is 1. The fourth-order valence-corrected chi connectivity index (χ4v) is 1.67. The molecule has 4 nitrogen and oxygen atoms in total. The molecule has 0 heterocycles. The van der Waals surface area contributed by atoms with Crippen LogP contribution in [-0.2, 0) is 9.53 Å². The van der Waals surface area contributed by atoms with E-state index in [2.05, 4.69) is 17.2 Å². The number of amides is 1. The Bertz CT molecular complexity index is 506. The molecule has 20 heavy (non-hydrogen) atoms. The van der Waals surface area contributed by atoms with Crippen LogP contribution in [0, 0.1) is 11.8 Å². The van der Waals surface area contributed by atoms with Crippen molar-refractivity contribution in [1.82, 2.24) is 0 Å². The molecule has 1 amide bonds. The molecule has 0 unspecified atom stereocenters. The van der Waals surface area contributed by atoms with Crippen molar-refractivity contribution >= 4 is 23.2 Å². The average molecular weight is 295 g/mol. The molecular formula is C15H19ClN2O2. The first kappa shape index (κ1) is 16.5. The third kappa shape index (κ3) is 6.07. The van der Waals surface area contributed by atoms with Gasteiger partial charge in [-0.3, -0.25) is 4.79 Å². The lowest BCUT2D eigenvalue weighted by Crippen LogP contribution is -2.15. The Morgan fingerprint density at radius 2 is 2.25 bits per heavy atom. The van der Waals surface area contributed by atoms with Crippen molar-refractivity contribution in [2.24, 2.45) is 5.73 Å². The summed E-state index contributed by atoms with van der Waals surface area (Å²) >= 11 is 5.92. The fraction of sp³-hybridized carbons (Fsp3) is 0.400. The number of carbonyl (C=O) groups excluding carboxylic acids is 1. The molecule has 0 saturated carbocycles. The Hall–Kier alpha value is -1.54. The van der Waals surface area contributed by atoms with Crippen LogP contribution in [0.1, 0.15) is 25.3 Å². The van der Waals surface area contributed by atoms with Crippen LogP contribution in [0.3, 0.4) is 0 Å². The number of nitrogens with two attached hydrogens (primary N) is 1. The molecule has 0 aliphatic heterocycles. The number of hydrogen-bond acceptors (Lipinski definition) is 3. The van der Waals surface area contributed by atoms with Gasteiger partial charge in [0.1, 0.15) is 0 Å². The Balaban J connectivity index is 2.64. The zero-order chi connectivity index (χ0) is 14.8.